The van der Waals surface area contributed by atoms with Gasteiger partial charge in [-0.15, -0.1) is 0 Å². The van der Waals surface area contributed by atoms with Crippen molar-refractivity contribution in [3.8, 4) is 0 Å². The van der Waals surface area contributed by atoms with Crippen LogP contribution < -0.4 is 11.1 Å². The smallest absolute Gasteiger partial charge is 0.224 e. The number of carbonyl (C=O) groups is 1. The van der Waals surface area contributed by atoms with Crippen molar-refractivity contribution in [2.75, 3.05) is 6.54 Å². The summed E-state index contributed by atoms with van der Waals surface area (Å²) < 4.78 is 0. The molecular formula is C14H20N2O. The van der Waals surface area contributed by atoms with Crippen molar-refractivity contribution < 1.29 is 4.79 Å². The minimum absolute atomic E-state index is 0.0988. The monoisotopic (exact) mass is 232 g/mol. The summed E-state index contributed by atoms with van der Waals surface area (Å²) in [6.45, 7) is 2.47. The standard InChI is InChI=1S/C14H20N2O/c1-10-2-4-11(5-3-10)8-12(9-15)14(17)16-13-6-7-13/h2-5,12-13H,6-9,15H2,1H3,(H,16,17). The van der Waals surface area contributed by atoms with Crippen LogP contribution in [0, 0.1) is 12.8 Å². The molecule has 1 aliphatic carbocycles. The molecule has 1 aliphatic rings. The number of hydrogen-bond donors (Lipinski definition) is 2. The van der Waals surface area contributed by atoms with Gasteiger partial charge in [-0.05, 0) is 31.7 Å². The van der Waals surface area contributed by atoms with Crippen LogP contribution in [0.3, 0.4) is 0 Å². The lowest BCUT2D eigenvalue weighted by atomic mass is 9.98. The molecule has 0 aromatic heterocycles. The molecule has 0 spiro atoms. The molecule has 3 heteroatoms. The topological polar surface area (TPSA) is 55.1 Å². The molecule has 1 amide bonds. The summed E-state index contributed by atoms with van der Waals surface area (Å²) in [7, 11) is 0. The van der Waals surface area contributed by atoms with Crippen LogP contribution in [0.15, 0.2) is 24.3 Å². The van der Waals surface area contributed by atoms with Gasteiger partial charge in [-0.2, -0.15) is 0 Å². The summed E-state index contributed by atoms with van der Waals surface area (Å²) in [5.41, 5.74) is 8.10. The zero-order valence-corrected chi connectivity index (χ0v) is 10.3. The van der Waals surface area contributed by atoms with Gasteiger partial charge in [0, 0.05) is 12.6 Å². The molecular weight excluding hydrogens is 212 g/mol. The van der Waals surface area contributed by atoms with E-state index in [2.05, 4.69) is 36.5 Å². The first-order valence-electron chi connectivity index (χ1n) is 6.25. The third kappa shape index (κ3) is 3.56. The maximum Gasteiger partial charge on any atom is 0.224 e. The molecule has 1 atom stereocenters. The van der Waals surface area contributed by atoms with Gasteiger partial charge in [0.1, 0.15) is 0 Å². The van der Waals surface area contributed by atoms with Gasteiger partial charge in [-0.1, -0.05) is 29.8 Å². The van der Waals surface area contributed by atoms with E-state index < -0.39 is 0 Å². The number of hydrogen-bond acceptors (Lipinski definition) is 2. The van der Waals surface area contributed by atoms with E-state index in [1.165, 1.54) is 11.1 Å². The van der Waals surface area contributed by atoms with E-state index in [0.29, 0.717) is 12.6 Å². The minimum Gasteiger partial charge on any atom is -0.353 e. The molecule has 1 fully saturated rings. The van der Waals surface area contributed by atoms with Crippen LogP contribution in [-0.2, 0) is 11.2 Å². The van der Waals surface area contributed by atoms with Gasteiger partial charge < -0.3 is 11.1 Å². The Morgan fingerprint density at radius 1 is 1.41 bits per heavy atom. The number of rotatable bonds is 5. The van der Waals surface area contributed by atoms with E-state index >= 15 is 0 Å². The number of aryl methyl sites for hydroxylation is 1. The highest BCUT2D eigenvalue weighted by molar-refractivity contribution is 5.79. The quantitative estimate of drug-likeness (QED) is 0.806. The lowest BCUT2D eigenvalue weighted by Crippen LogP contribution is -2.37. The van der Waals surface area contributed by atoms with Crippen LogP contribution >= 0.6 is 0 Å². The fraction of sp³-hybridized carbons (Fsp3) is 0.500. The normalized spacial score (nSPS) is 16.6. The van der Waals surface area contributed by atoms with Crippen molar-refractivity contribution >= 4 is 5.91 Å². The third-order valence-electron chi connectivity index (χ3n) is 3.18. The molecule has 1 aromatic carbocycles. The largest absolute Gasteiger partial charge is 0.353 e. The van der Waals surface area contributed by atoms with Crippen molar-refractivity contribution in [3.63, 3.8) is 0 Å². The fourth-order valence-electron chi connectivity index (χ4n) is 1.84. The molecule has 1 saturated carbocycles. The van der Waals surface area contributed by atoms with Gasteiger partial charge in [-0.3, -0.25) is 4.79 Å². The van der Waals surface area contributed by atoms with E-state index in [1.807, 2.05) is 0 Å². The molecule has 0 saturated heterocycles. The summed E-state index contributed by atoms with van der Waals surface area (Å²) in [5.74, 6) is 0.00822. The van der Waals surface area contributed by atoms with Gasteiger partial charge in [0.2, 0.25) is 5.91 Å². The predicted octanol–water partition coefficient (Wildman–Crippen LogP) is 1.39. The molecule has 0 heterocycles. The average Bonchev–Trinajstić information content (AvgIpc) is 3.12. The van der Waals surface area contributed by atoms with Crippen molar-refractivity contribution in [1.29, 1.82) is 0 Å². The lowest BCUT2D eigenvalue weighted by molar-refractivity contribution is -0.124. The van der Waals surface area contributed by atoms with Crippen LogP contribution in [-0.4, -0.2) is 18.5 Å². The van der Waals surface area contributed by atoms with Crippen molar-refractivity contribution in [2.45, 2.75) is 32.2 Å². The first-order chi connectivity index (χ1) is 8.19. The second-order valence-corrected chi connectivity index (χ2v) is 4.91. The van der Waals surface area contributed by atoms with Crippen LogP contribution in [0.5, 0.6) is 0 Å². The highest BCUT2D eigenvalue weighted by Gasteiger charge is 2.26. The van der Waals surface area contributed by atoms with E-state index in [1.54, 1.807) is 0 Å². The SMILES string of the molecule is Cc1ccc(CC(CN)C(=O)NC2CC2)cc1. The first kappa shape index (κ1) is 12.1. The van der Waals surface area contributed by atoms with Crippen molar-refractivity contribution in [1.82, 2.24) is 5.32 Å². The van der Waals surface area contributed by atoms with Crippen molar-refractivity contribution in [2.24, 2.45) is 11.7 Å². The maximum atomic E-state index is 11.9. The molecule has 3 N–H and O–H groups in total. The molecule has 17 heavy (non-hydrogen) atoms. The Morgan fingerprint density at radius 2 is 2.06 bits per heavy atom. The molecule has 0 aliphatic heterocycles. The second kappa shape index (κ2) is 5.32. The van der Waals surface area contributed by atoms with Gasteiger partial charge in [0.05, 0.1) is 5.92 Å². The Kier molecular flexibility index (Phi) is 3.79. The van der Waals surface area contributed by atoms with Gasteiger partial charge >= 0.3 is 0 Å². The van der Waals surface area contributed by atoms with Gasteiger partial charge in [-0.25, -0.2) is 0 Å². The van der Waals surface area contributed by atoms with E-state index in [4.69, 9.17) is 5.73 Å². The molecule has 3 nitrogen and oxygen atoms in total. The maximum absolute atomic E-state index is 11.9. The van der Waals surface area contributed by atoms with E-state index in [0.717, 1.165) is 19.3 Å². The molecule has 1 aromatic rings. The zero-order valence-electron chi connectivity index (χ0n) is 10.3. The van der Waals surface area contributed by atoms with Gasteiger partial charge in [0.25, 0.3) is 0 Å². The Bertz CT molecular complexity index is 382. The number of amides is 1. The summed E-state index contributed by atoms with van der Waals surface area (Å²) in [6.07, 6.45) is 2.97. The second-order valence-electron chi connectivity index (χ2n) is 4.91. The molecule has 0 radical (unpaired) electrons. The Hall–Kier alpha value is -1.35. The van der Waals surface area contributed by atoms with Gasteiger partial charge in [0.15, 0.2) is 0 Å². The molecule has 1 unspecified atom stereocenters. The Morgan fingerprint density at radius 3 is 2.59 bits per heavy atom. The number of nitrogens with two attached hydrogens (primary N) is 1. The van der Waals surface area contributed by atoms with E-state index in [9.17, 15) is 4.79 Å². The number of nitrogens with one attached hydrogen (secondary N) is 1. The zero-order chi connectivity index (χ0) is 12.3. The molecule has 2 rings (SSSR count). The summed E-state index contributed by atoms with van der Waals surface area (Å²) in [5, 5.41) is 3.02. The summed E-state index contributed by atoms with van der Waals surface area (Å²) >= 11 is 0. The minimum atomic E-state index is -0.0988. The predicted molar refractivity (Wildman–Crippen MR) is 68.6 cm³/mol. The van der Waals surface area contributed by atoms with Crippen LogP contribution in [0.2, 0.25) is 0 Å². The fourth-order valence-corrected chi connectivity index (χ4v) is 1.84. The van der Waals surface area contributed by atoms with E-state index in [-0.39, 0.29) is 11.8 Å². The molecule has 0 bridgehead atoms. The third-order valence-corrected chi connectivity index (χ3v) is 3.18. The average molecular weight is 232 g/mol. The van der Waals surface area contributed by atoms with Crippen LogP contribution in [0.1, 0.15) is 24.0 Å². The van der Waals surface area contributed by atoms with Crippen molar-refractivity contribution in [3.05, 3.63) is 35.4 Å². The van der Waals surface area contributed by atoms with Crippen LogP contribution in [0.25, 0.3) is 0 Å². The molecule has 92 valence electrons. The highest BCUT2D eigenvalue weighted by Crippen LogP contribution is 2.19. The first-order valence-corrected chi connectivity index (χ1v) is 6.25. The summed E-state index contributed by atoms with van der Waals surface area (Å²) in [6, 6.07) is 8.70. The van der Waals surface area contributed by atoms with Crippen LogP contribution in [0.4, 0.5) is 0 Å². The lowest BCUT2D eigenvalue weighted by Gasteiger charge is -2.14. The Labute approximate surface area is 102 Å². The summed E-state index contributed by atoms with van der Waals surface area (Å²) in [4.78, 5) is 11.9. The highest BCUT2D eigenvalue weighted by atomic mass is 16.2. The Balaban J connectivity index is 1.93. The number of carbonyl (C=O) groups excluding carboxylic acids is 1. The number of benzene rings is 1.